The summed E-state index contributed by atoms with van der Waals surface area (Å²) in [6.07, 6.45) is 1.53. The third kappa shape index (κ3) is 4.45. The Morgan fingerprint density at radius 1 is 0.769 bits per heavy atom. The smallest absolute Gasteiger partial charge is 0.213 e. The molecule has 5 heteroatoms. The van der Waals surface area contributed by atoms with Crippen molar-refractivity contribution in [3.8, 4) is 0 Å². The Labute approximate surface area is 161 Å². The van der Waals surface area contributed by atoms with Crippen LogP contribution in [-0.2, 0) is 0 Å². The molecule has 3 aromatic rings. The fourth-order valence-corrected chi connectivity index (χ4v) is 2.61. The van der Waals surface area contributed by atoms with Crippen LogP contribution in [0.15, 0.2) is 89.1 Å². The van der Waals surface area contributed by atoms with Crippen LogP contribution in [0.25, 0.3) is 0 Å². The molecule has 26 heavy (non-hydrogen) atoms. The minimum Gasteiger partial charge on any atom is -0.287 e. The lowest BCUT2D eigenvalue weighted by molar-refractivity contribution is 0.106. The van der Waals surface area contributed by atoms with Crippen molar-refractivity contribution in [1.29, 1.82) is 0 Å². The van der Waals surface area contributed by atoms with Crippen LogP contribution in [0.5, 0.6) is 0 Å². The predicted molar refractivity (Wildman–Crippen MR) is 108 cm³/mol. The molecular formula is C21H14Cl2N2O. The zero-order valence-corrected chi connectivity index (χ0v) is 15.2. The minimum absolute atomic E-state index is 0.192. The first-order valence-electron chi connectivity index (χ1n) is 7.86. The third-order valence-electron chi connectivity index (χ3n) is 3.61. The van der Waals surface area contributed by atoms with Crippen LogP contribution in [0.1, 0.15) is 21.5 Å². The molecule has 0 atom stereocenters. The first-order valence-corrected chi connectivity index (χ1v) is 8.62. The van der Waals surface area contributed by atoms with E-state index >= 15 is 0 Å². The Kier molecular flexibility index (Phi) is 5.95. The van der Waals surface area contributed by atoms with E-state index in [1.54, 1.807) is 30.3 Å². The lowest BCUT2D eigenvalue weighted by Crippen LogP contribution is -2.15. The highest BCUT2D eigenvalue weighted by Gasteiger charge is 2.15. The largest absolute Gasteiger partial charge is 0.287 e. The van der Waals surface area contributed by atoms with Gasteiger partial charge in [-0.2, -0.15) is 5.10 Å². The third-order valence-corrected chi connectivity index (χ3v) is 4.35. The van der Waals surface area contributed by atoms with E-state index in [0.29, 0.717) is 21.2 Å². The van der Waals surface area contributed by atoms with Crippen LogP contribution in [-0.4, -0.2) is 17.7 Å². The van der Waals surface area contributed by atoms with Gasteiger partial charge in [-0.05, 0) is 17.7 Å². The number of hydrogen-bond acceptors (Lipinski definition) is 3. The number of Topliss-reactive ketones (excluding diaryl/α,β-unsaturated/α-hetero) is 1. The number of halogens is 2. The summed E-state index contributed by atoms with van der Waals surface area (Å²) < 4.78 is 0. The van der Waals surface area contributed by atoms with Gasteiger partial charge in [0.25, 0.3) is 0 Å². The number of benzene rings is 3. The van der Waals surface area contributed by atoms with E-state index in [1.165, 1.54) is 6.21 Å². The van der Waals surface area contributed by atoms with Gasteiger partial charge in [0.2, 0.25) is 5.78 Å². The van der Waals surface area contributed by atoms with E-state index < -0.39 is 0 Å². The van der Waals surface area contributed by atoms with Gasteiger partial charge in [0.15, 0.2) is 0 Å². The first-order chi connectivity index (χ1) is 12.6. The molecule has 0 saturated heterocycles. The Hall–Kier alpha value is -2.75. The molecule has 0 bridgehead atoms. The van der Waals surface area contributed by atoms with Gasteiger partial charge in [0.05, 0.1) is 16.3 Å². The molecule has 0 aromatic heterocycles. The van der Waals surface area contributed by atoms with Crippen LogP contribution in [0, 0.1) is 0 Å². The molecule has 0 aliphatic heterocycles. The van der Waals surface area contributed by atoms with Crippen molar-refractivity contribution >= 4 is 40.9 Å². The van der Waals surface area contributed by atoms with Crippen molar-refractivity contribution in [2.75, 3.05) is 0 Å². The van der Waals surface area contributed by atoms with Crippen LogP contribution < -0.4 is 0 Å². The van der Waals surface area contributed by atoms with Gasteiger partial charge in [0, 0.05) is 11.1 Å². The highest BCUT2D eigenvalue weighted by Crippen LogP contribution is 2.21. The second-order valence-electron chi connectivity index (χ2n) is 5.43. The number of carbonyl (C=O) groups is 1. The molecule has 0 amide bonds. The maximum absolute atomic E-state index is 12.8. The van der Waals surface area contributed by atoms with Gasteiger partial charge in [-0.3, -0.25) is 4.79 Å². The summed E-state index contributed by atoms with van der Waals surface area (Å²) in [5.41, 5.74) is 2.27. The van der Waals surface area contributed by atoms with E-state index in [4.69, 9.17) is 23.2 Å². The van der Waals surface area contributed by atoms with Gasteiger partial charge in [0.1, 0.15) is 5.71 Å². The average Bonchev–Trinajstić information content (AvgIpc) is 2.69. The number of ketones is 1. The van der Waals surface area contributed by atoms with E-state index in [0.717, 1.165) is 5.56 Å². The Bertz CT molecular complexity index is 968. The molecule has 0 fully saturated rings. The predicted octanol–water partition coefficient (Wildman–Crippen LogP) is 5.70. The molecule has 0 heterocycles. The maximum atomic E-state index is 12.8. The molecule has 0 spiro atoms. The maximum Gasteiger partial charge on any atom is 0.213 e. The quantitative estimate of drug-likeness (QED) is 0.318. The topological polar surface area (TPSA) is 41.8 Å². The van der Waals surface area contributed by atoms with E-state index in [2.05, 4.69) is 10.2 Å². The highest BCUT2D eigenvalue weighted by atomic mass is 35.5. The van der Waals surface area contributed by atoms with Crippen LogP contribution >= 0.6 is 23.2 Å². The molecule has 3 nitrogen and oxygen atoms in total. The fourth-order valence-electron chi connectivity index (χ4n) is 2.30. The molecule has 3 aromatic carbocycles. The molecule has 3 rings (SSSR count). The Morgan fingerprint density at radius 2 is 1.38 bits per heavy atom. The lowest BCUT2D eigenvalue weighted by Gasteiger charge is -2.04. The minimum atomic E-state index is -0.192. The molecule has 0 unspecified atom stereocenters. The number of carbonyl (C=O) groups excluding carboxylic acids is 1. The van der Waals surface area contributed by atoms with Crippen LogP contribution in [0.4, 0.5) is 0 Å². The van der Waals surface area contributed by atoms with E-state index in [9.17, 15) is 4.79 Å². The number of rotatable bonds is 5. The van der Waals surface area contributed by atoms with Crippen molar-refractivity contribution in [3.05, 3.63) is 106 Å². The number of nitrogens with zero attached hydrogens (tertiary/aromatic N) is 2. The SMILES string of the molecule is O=C(/C(=N/N=C/c1ccc(Cl)c(Cl)c1)c1ccccc1)c1ccccc1. The van der Waals surface area contributed by atoms with E-state index in [-0.39, 0.29) is 11.5 Å². The monoisotopic (exact) mass is 380 g/mol. The fraction of sp³-hybridized carbons (Fsp3) is 0. The normalized spacial score (nSPS) is 11.7. The molecule has 0 aliphatic rings. The standard InChI is InChI=1S/C21H14Cl2N2O/c22-18-12-11-15(13-19(18)23)14-24-25-20(16-7-3-1-4-8-16)21(26)17-9-5-2-6-10-17/h1-14H/b24-14+,25-20+. The first kappa shape index (κ1) is 18.1. The summed E-state index contributed by atoms with van der Waals surface area (Å²) in [6.45, 7) is 0. The molecule has 128 valence electrons. The van der Waals surface area contributed by atoms with Gasteiger partial charge >= 0.3 is 0 Å². The summed E-state index contributed by atoms with van der Waals surface area (Å²) in [5.74, 6) is -0.192. The number of hydrogen-bond donors (Lipinski definition) is 0. The summed E-state index contributed by atoms with van der Waals surface area (Å²) in [5, 5.41) is 9.16. The summed E-state index contributed by atoms with van der Waals surface area (Å²) in [6, 6.07) is 23.4. The average molecular weight is 381 g/mol. The van der Waals surface area contributed by atoms with Crippen LogP contribution in [0.3, 0.4) is 0 Å². The van der Waals surface area contributed by atoms with Crippen molar-refractivity contribution in [3.63, 3.8) is 0 Å². The molecular weight excluding hydrogens is 367 g/mol. The molecule has 0 aliphatic carbocycles. The zero-order chi connectivity index (χ0) is 18.4. The zero-order valence-electron chi connectivity index (χ0n) is 13.6. The second kappa shape index (κ2) is 8.56. The highest BCUT2D eigenvalue weighted by molar-refractivity contribution is 6.51. The van der Waals surface area contributed by atoms with Gasteiger partial charge < -0.3 is 0 Å². The summed E-state index contributed by atoms with van der Waals surface area (Å²) in [4.78, 5) is 12.8. The second-order valence-corrected chi connectivity index (χ2v) is 6.24. The Morgan fingerprint density at radius 3 is 2.00 bits per heavy atom. The van der Waals surface area contributed by atoms with Gasteiger partial charge in [-0.15, -0.1) is 5.10 Å². The van der Waals surface area contributed by atoms with Crippen molar-refractivity contribution in [2.24, 2.45) is 10.2 Å². The summed E-state index contributed by atoms with van der Waals surface area (Å²) in [7, 11) is 0. The Balaban J connectivity index is 1.95. The molecule has 0 N–H and O–H groups in total. The van der Waals surface area contributed by atoms with Gasteiger partial charge in [-0.1, -0.05) is 89.9 Å². The molecule has 0 saturated carbocycles. The lowest BCUT2D eigenvalue weighted by atomic mass is 10.0. The van der Waals surface area contributed by atoms with Crippen molar-refractivity contribution < 1.29 is 4.79 Å². The van der Waals surface area contributed by atoms with Crippen molar-refractivity contribution in [2.45, 2.75) is 0 Å². The van der Waals surface area contributed by atoms with E-state index in [1.807, 2.05) is 48.5 Å². The van der Waals surface area contributed by atoms with Crippen molar-refractivity contribution in [1.82, 2.24) is 0 Å². The molecule has 0 radical (unpaired) electrons. The van der Waals surface area contributed by atoms with Crippen LogP contribution in [0.2, 0.25) is 10.0 Å². The summed E-state index contributed by atoms with van der Waals surface area (Å²) >= 11 is 11.9. The van der Waals surface area contributed by atoms with Gasteiger partial charge in [-0.25, -0.2) is 0 Å².